The zero-order valence-electron chi connectivity index (χ0n) is 14.1. The van der Waals surface area contributed by atoms with Gasteiger partial charge in [0, 0.05) is 12.3 Å². The predicted molar refractivity (Wildman–Crippen MR) is 104 cm³/mol. The second-order valence-corrected chi connectivity index (χ2v) is 10.1. The third-order valence-corrected chi connectivity index (χ3v) is 7.69. The molecule has 1 aromatic carbocycles. The van der Waals surface area contributed by atoms with Gasteiger partial charge >= 0.3 is 0 Å². The zero-order valence-corrected chi connectivity index (χ0v) is 16.6. The standard InChI is InChI=1S/C18H28Cl2NO2P/c19-17-9-4-8-16(18(17)20)10-12-21-11-5-13-24(22,23)14-15-6-2-1-3-7-15/h4,8-9,15,21H,1-3,5-7,10-14H2,(H,22,23). The summed E-state index contributed by atoms with van der Waals surface area (Å²) in [6.07, 6.45) is 8.47. The summed E-state index contributed by atoms with van der Waals surface area (Å²) in [4.78, 5) is 10.2. The lowest BCUT2D eigenvalue weighted by Gasteiger charge is -2.24. The van der Waals surface area contributed by atoms with Crippen LogP contribution in [-0.2, 0) is 11.0 Å². The van der Waals surface area contributed by atoms with Crippen LogP contribution in [0.5, 0.6) is 0 Å². The Morgan fingerprint density at radius 2 is 1.92 bits per heavy atom. The zero-order chi connectivity index (χ0) is 17.4. The van der Waals surface area contributed by atoms with E-state index in [4.69, 9.17) is 23.2 Å². The highest BCUT2D eigenvalue weighted by molar-refractivity contribution is 7.57. The fourth-order valence-electron chi connectivity index (χ4n) is 3.41. The summed E-state index contributed by atoms with van der Waals surface area (Å²) in [7, 11) is -2.96. The Kier molecular flexibility index (Phi) is 8.60. The van der Waals surface area contributed by atoms with Crippen LogP contribution < -0.4 is 5.32 Å². The van der Waals surface area contributed by atoms with E-state index in [-0.39, 0.29) is 0 Å². The van der Waals surface area contributed by atoms with Crippen LogP contribution in [0.1, 0.15) is 44.1 Å². The highest BCUT2D eigenvalue weighted by Crippen LogP contribution is 2.45. The van der Waals surface area contributed by atoms with Crippen molar-refractivity contribution in [2.24, 2.45) is 5.92 Å². The second-order valence-electron chi connectivity index (χ2n) is 6.82. The predicted octanol–water partition coefficient (Wildman–Crippen LogP) is 5.37. The summed E-state index contributed by atoms with van der Waals surface area (Å²) in [5, 5.41) is 4.52. The molecule has 0 radical (unpaired) electrons. The minimum atomic E-state index is -2.96. The van der Waals surface area contributed by atoms with Crippen molar-refractivity contribution in [2.45, 2.75) is 44.9 Å². The summed E-state index contributed by atoms with van der Waals surface area (Å²) in [5.41, 5.74) is 1.03. The number of halogens is 2. The molecule has 2 N–H and O–H groups in total. The third-order valence-electron chi connectivity index (χ3n) is 4.73. The molecule has 1 aliphatic carbocycles. The largest absolute Gasteiger partial charge is 0.344 e. The number of rotatable bonds is 9. The normalized spacial score (nSPS) is 18.5. The lowest BCUT2D eigenvalue weighted by Crippen LogP contribution is -2.20. The van der Waals surface area contributed by atoms with Crippen molar-refractivity contribution in [1.29, 1.82) is 0 Å². The van der Waals surface area contributed by atoms with Crippen molar-refractivity contribution >= 4 is 30.6 Å². The van der Waals surface area contributed by atoms with Crippen LogP contribution in [0.4, 0.5) is 0 Å². The Bertz CT molecular complexity index is 562. The van der Waals surface area contributed by atoms with E-state index in [1.54, 1.807) is 6.07 Å². The Morgan fingerprint density at radius 3 is 2.67 bits per heavy atom. The molecule has 6 heteroatoms. The number of nitrogens with one attached hydrogen (secondary N) is 1. The molecular formula is C18H28Cl2NO2P. The molecule has 136 valence electrons. The van der Waals surface area contributed by atoms with E-state index in [0.29, 0.717) is 28.3 Å². The highest BCUT2D eigenvalue weighted by atomic mass is 35.5. The summed E-state index contributed by atoms with van der Waals surface area (Å²) in [6.45, 7) is 1.55. The van der Waals surface area contributed by atoms with Gasteiger partial charge in [0.05, 0.1) is 10.0 Å². The maximum atomic E-state index is 12.3. The van der Waals surface area contributed by atoms with E-state index in [2.05, 4.69) is 5.32 Å². The second kappa shape index (κ2) is 10.2. The molecule has 1 unspecified atom stereocenters. The van der Waals surface area contributed by atoms with Crippen LogP contribution >= 0.6 is 30.6 Å². The van der Waals surface area contributed by atoms with Crippen LogP contribution in [-0.4, -0.2) is 30.3 Å². The van der Waals surface area contributed by atoms with Gasteiger partial charge in [0.15, 0.2) is 0 Å². The molecule has 1 saturated carbocycles. The molecule has 0 heterocycles. The van der Waals surface area contributed by atoms with Crippen molar-refractivity contribution in [2.75, 3.05) is 25.4 Å². The van der Waals surface area contributed by atoms with Gasteiger partial charge < -0.3 is 10.2 Å². The van der Waals surface area contributed by atoms with E-state index >= 15 is 0 Å². The first-order chi connectivity index (χ1) is 11.5. The molecule has 0 saturated heterocycles. The topological polar surface area (TPSA) is 49.3 Å². The molecule has 1 fully saturated rings. The molecule has 1 aliphatic rings. The van der Waals surface area contributed by atoms with Crippen LogP contribution in [0.15, 0.2) is 18.2 Å². The first-order valence-electron chi connectivity index (χ1n) is 8.92. The van der Waals surface area contributed by atoms with Gasteiger partial charge in [0.1, 0.15) is 0 Å². The SMILES string of the molecule is O=P(O)(CCCNCCc1cccc(Cl)c1Cl)CC1CCCCC1. The molecule has 0 amide bonds. The van der Waals surface area contributed by atoms with Crippen LogP contribution in [0.3, 0.4) is 0 Å². The quantitative estimate of drug-likeness (QED) is 0.439. The first-order valence-corrected chi connectivity index (χ1v) is 11.7. The monoisotopic (exact) mass is 391 g/mol. The molecule has 0 bridgehead atoms. The number of benzene rings is 1. The highest BCUT2D eigenvalue weighted by Gasteiger charge is 2.24. The Balaban J connectivity index is 1.60. The van der Waals surface area contributed by atoms with E-state index in [0.717, 1.165) is 44.3 Å². The molecule has 0 aromatic heterocycles. The van der Waals surface area contributed by atoms with Gasteiger partial charge in [-0.15, -0.1) is 0 Å². The van der Waals surface area contributed by atoms with Gasteiger partial charge in [-0.25, -0.2) is 0 Å². The average molecular weight is 392 g/mol. The number of hydrogen-bond donors (Lipinski definition) is 2. The van der Waals surface area contributed by atoms with Gasteiger partial charge in [-0.3, -0.25) is 4.57 Å². The molecule has 0 aliphatic heterocycles. The van der Waals surface area contributed by atoms with E-state index in [1.807, 2.05) is 12.1 Å². The lowest BCUT2D eigenvalue weighted by atomic mass is 9.91. The third kappa shape index (κ3) is 7.06. The van der Waals surface area contributed by atoms with Gasteiger partial charge in [0.25, 0.3) is 0 Å². The van der Waals surface area contributed by atoms with Crippen LogP contribution in [0, 0.1) is 5.92 Å². The maximum absolute atomic E-state index is 12.3. The molecule has 2 rings (SSSR count). The summed E-state index contributed by atoms with van der Waals surface area (Å²) in [6, 6.07) is 5.66. The van der Waals surface area contributed by atoms with Gasteiger partial charge in [-0.05, 0) is 56.3 Å². The first kappa shape index (κ1) is 20.3. The lowest BCUT2D eigenvalue weighted by molar-refractivity contribution is 0.372. The van der Waals surface area contributed by atoms with Crippen molar-refractivity contribution in [3.05, 3.63) is 33.8 Å². The molecule has 1 atom stereocenters. The Morgan fingerprint density at radius 1 is 1.17 bits per heavy atom. The fraction of sp³-hybridized carbons (Fsp3) is 0.667. The molecule has 1 aromatic rings. The van der Waals surface area contributed by atoms with Crippen molar-refractivity contribution in [3.8, 4) is 0 Å². The minimum Gasteiger partial charge on any atom is -0.344 e. The Labute approximate surface area is 155 Å². The average Bonchev–Trinajstić information content (AvgIpc) is 2.55. The molecule has 24 heavy (non-hydrogen) atoms. The minimum absolute atomic E-state index is 0.425. The van der Waals surface area contributed by atoms with Crippen molar-refractivity contribution in [1.82, 2.24) is 5.32 Å². The van der Waals surface area contributed by atoms with Crippen LogP contribution in [0.25, 0.3) is 0 Å². The maximum Gasteiger partial charge on any atom is 0.200 e. The molecule has 0 spiro atoms. The Hall–Kier alpha value is -0.0500. The summed E-state index contributed by atoms with van der Waals surface area (Å²) < 4.78 is 12.3. The van der Waals surface area contributed by atoms with Gasteiger partial charge in [0.2, 0.25) is 7.37 Å². The van der Waals surface area contributed by atoms with Crippen LogP contribution in [0.2, 0.25) is 10.0 Å². The van der Waals surface area contributed by atoms with Gasteiger partial charge in [-0.1, -0.05) is 54.6 Å². The molecule has 3 nitrogen and oxygen atoms in total. The van der Waals surface area contributed by atoms with Crippen molar-refractivity contribution < 1.29 is 9.46 Å². The summed E-state index contributed by atoms with van der Waals surface area (Å²) in [5.74, 6) is 0.465. The number of hydrogen-bond acceptors (Lipinski definition) is 2. The van der Waals surface area contributed by atoms with E-state index < -0.39 is 7.37 Å². The summed E-state index contributed by atoms with van der Waals surface area (Å²) >= 11 is 12.2. The van der Waals surface area contributed by atoms with Gasteiger partial charge in [-0.2, -0.15) is 0 Å². The molecular weight excluding hydrogens is 364 g/mol. The fourth-order valence-corrected chi connectivity index (χ4v) is 5.83. The van der Waals surface area contributed by atoms with Crippen molar-refractivity contribution in [3.63, 3.8) is 0 Å². The van der Waals surface area contributed by atoms with E-state index in [1.165, 1.54) is 19.3 Å². The smallest absolute Gasteiger partial charge is 0.200 e. The van der Waals surface area contributed by atoms with E-state index in [9.17, 15) is 9.46 Å².